The highest BCUT2D eigenvalue weighted by Gasteiger charge is 2.54. The first-order chi connectivity index (χ1) is 14.3. The van der Waals surface area contributed by atoms with Crippen LogP contribution in [0.4, 0.5) is 5.69 Å². The number of thiocarbonyl (C=S) groups is 1. The topological polar surface area (TPSA) is 119 Å². The maximum atomic E-state index is 13.5. The Labute approximate surface area is 185 Å². The summed E-state index contributed by atoms with van der Waals surface area (Å²) in [5, 5.41) is 25.1. The molecule has 2 amide bonds. The second-order valence-electron chi connectivity index (χ2n) is 8.21. The molecule has 30 heavy (non-hydrogen) atoms. The third-order valence-corrected chi connectivity index (χ3v) is 7.04. The van der Waals surface area contributed by atoms with Crippen LogP contribution in [0.3, 0.4) is 0 Å². The number of hydrogen-bond acceptors (Lipinski definition) is 5. The minimum Gasteiger partial charge on any atom is -0.390 e. The minimum atomic E-state index is -1.05. The highest BCUT2D eigenvalue weighted by Crippen LogP contribution is 2.38. The molecule has 0 unspecified atom stereocenters. The van der Waals surface area contributed by atoms with E-state index in [1.54, 1.807) is 17.0 Å². The smallest absolute Gasteiger partial charge is 0.227 e. The highest BCUT2D eigenvalue weighted by molar-refractivity contribution is 7.80. The van der Waals surface area contributed by atoms with Crippen LogP contribution in [-0.2, 0) is 9.59 Å². The number of likely N-dealkylation sites (tertiary alicyclic amines) is 1. The lowest BCUT2D eigenvalue weighted by Gasteiger charge is -2.44. The van der Waals surface area contributed by atoms with Crippen molar-refractivity contribution in [1.82, 2.24) is 10.2 Å². The molecule has 0 spiro atoms. The lowest BCUT2D eigenvalue weighted by Crippen LogP contribution is -2.61. The van der Waals surface area contributed by atoms with E-state index in [1.165, 1.54) is 0 Å². The van der Waals surface area contributed by atoms with Crippen LogP contribution >= 0.6 is 23.8 Å². The molecule has 10 heteroatoms. The second-order valence-corrected chi connectivity index (χ2v) is 9.04. The fourth-order valence-electron chi connectivity index (χ4n) is 4.85. The number of aliphatic hydroxyl groups excluding tert-OH is 2. The zero-order valence-electron chi connectivity index (χ0n) is 16.3. The fraction of sp³-hybridized carbons (Fsp3) is 0.550. The normalized spacial score (nSPS) is 32.0. The van der Waals surface area contributed by atoms with Gasteiger partial charge in [-0.15, -0.1) is 0 Å². The van der Waals surface area contributed by atoms with Gasteiger partial charge in [0.1, 0.15) is 6.10 Å². The van der Waals surface area contributed by atoms with Gasteiger partial charge in [0, 0.05) is 29.7 Å². The van der Waals surface area contributed by atoms with Crippen molar-refractivity contribution in [3.8, 4) is 0 Å². The van der Waals surface area contributed by atoms with Crippen molar-refractivity contribution in [2.24, 2.45) is 17.6 Å². The molecule has 2 saturated heterocycles. The van der Waals surface area contributed by atoms with Crippen LogP contribution < -0.4 is 16.0 Å². The van der Waals surface area contributed by atoms with Gasteiger partial charge in [-0.05, 0) is 55.7 Å². The molecule has 5 atom stereocenters. The van der Waals surface area contributed by atoms with Gasteiger partial charge in [0.2, 0.25) is 11.8 Å². The van der Waals surface area contributed by atoms with Gasteiger partial charge in [-0.2, -0.15) is 0 Å². The standard InChI is InChI=1S/C20H25ClN4O4S/c21-11-1-3-12(4-2-11)25-16-13(9-14(26)17(27)15(16)23-20(25)30)19(29)24-7-5-10(6-8-24)18(22)28/h1-4,10,13-17,26-27H,5-9H2,(H2,22,28)(H,23,30)/t13-,14-,15-,16+,17+/m1/s1. The summed E-state index contributed by atoms with van der Waals surface area (Å²) in [6.07, 6.45) is -0.890. The molecule has 4 rings (SSSR count). The molecule has 0 aromatic heterocycles. The summed E-state index contributed by atoms with van der Waals surface area (Å²) < 4.78 is 0. The quantitative estimate of drug-likeness (QED) is 0.485. The van der Waals surface area contributed by atoms with Gasteiger partial charge in [0.25, 0.3) is 0 Å². The summed E-state index contributed by atoms with van der Waals surface area (Å²) in [6, 6.07) is 6.09. The molecular weight excluding hydrogens is 428 g/mol. The van der Waals surface area contributed by atoms with E-state index in [0.29, 0.717) is 36.1 Å². The van der Waals surface area contributed by atoms with E-state index in [9.17, 15) is 19.8 Å². The van der Waals surface area contributed by atoms with Crippen LogP contribution in [0.5, 0.6) is 0 Å². The Bertz CT molecular complexity index is 846. The van der Waals surface area contributed by atoms with Crippen LogP contribution in [0.25, 0.3) is 0 Å². The SMILES string of the molecule is NC(=O)C1CCN(C(=O)[C@@H]2C[C@@H](O)[C@H](O)[C@@H]3NC(=S)N(c4ccc(Cl)cc4)[C@H]32)CC1. The van der Waals surface area contributed by atoms with Crippen molar-refractivity contribution in [2.75, 3.05) is 18.0 Å². The Morgan fingerprint density at radius 3 is 2.40 bits per heavy atom. The van der Waals surface area contributed by atoms with Crippen molar-refractivity contribution in [3.63, 3.8) is 0 Å². The number of hydrogen-bond donors (Lipinski definition) is 4. The number of primary amides is 1. The van der Waals surface area contributed by atoms with Gasteiger partial charge in [0.15, 0.2) is 5.11 Å². The third-order valence-electron chi connectivity index (χ3n) is 6.48. The number of carbonyl (C=O) groups is 2. The predicted molar refractivity (Wildman–Crippen MR) is 116 cm³/mol. The molecule has 5 N–H and O–H groups in total. The number of halogens is 1. The molecule has 1 aromatic rings. The van der Waals surface area contributed by atoms with Crippen molar-refractivity contribution < 1.29 is 19.8 Å². The number of nitrogens with two attached hydrogens (primary N) is 1. The summed E-state index contributed by atoms with van der Waals surface area (Å²) >= 11 is 11.5. The second kappa shape index (κ2) is 8.30. The van der Waals surface area contributed by atoms with E-state index in [1.807, 2.05) is 17.0 Å². The molecule has 1 saturated carbocycles. The highest BCUT2D eigenvalue weighted by atomic mass is 35.5. The van der Waals surface area contributed by atoms with Crippen molar-refractivity contribution in [1.29, 1.82) is 0 Å². The molecule has 0 radical (unpaired) electrons. The maximum absolute atomic E-state index is 13.5. The van der Waals surface area contributed by atoms with Crippen LogP contribution in [0.2, 0.25) is 5.02 Å². The molecule has 3 aliphatic rings. The van der Waals surface area contributed by atoms with E-state index in [2.05, 4.69) is 5.32 Å². The number of benzene rings is 1. The molecule has 162 valence electrons. The van der Waals surface area contributed by atoms with Gasteiger partial charge >= 0.3 is 0 Å². The first-order valence-electron chi connectivity index (χ1n) is 10.1. The number of carbonyl (C=O) groups excluding carboxylic acids is 2. The molecule has 8 nitrogen and oxygen atoms in total. The summed E-state index contributed by atoms with van der Waals surface area (Å²) in [4.78, 5) is 28.5. The largest absolute Gasteiger partial charge is 0.390 e. The monoisotopic (exact) mass is 452 g/mol. The van der Waals surface area contributed by atoms with Gasteiger partial charge in [0.05, 0.1) is 24.1 Å². The van der Waals surface area contributed by atoms with Crippen LogP contribution in [-0.4, -0.2) is 69.4 Å². The molecular formula is C20H25ClN4O4S. The summed E-state index contributed by atoms with van der Waals surface area (Å²) in [5.74, 6) is -1.23. The molecule has 3 fully saturated rings. The van der Waals surface area contributed by atoms with Gasteiger partial charge in [-0.3, -0.25) is 9.59 Å². The van der Waals surface area contributed by atoms with E-state index in [4.69, 9.17) is 29.6 Å². The summed E-state index contributed by atoms with van der Waals surface area (Å²) in [6.45, 7) is 0.885. The Morgan fingerprint density at radius 1 is 1.17 bits per heavy atom. The van der Waals surface area contributed by atoms with Crippen molar-refractivity contribution >= 4 is 46.4 Å². The van der Waals surface area contributed by atoms with Gasteiger partial charge < -0.3 is 31.1 Å². The van der Waals surface area contributed by atoms with E-state index < -0.39 is 30.2 Å². The number of fused-ring (bicyclic) bond motifs is 1. The Kier molecular flexibility index (Phi) is 5.89. The van der Waals surface area contributed by atoms with E-state index in [-0.39, 0.29) is 24.2 Å². The predicted octanol–water partition coefficient (Wildman–Crippen LogP) is 0.237. The van der Waals surface area contributed by atoms with Crippen LogP contribution in [0.15, 0.2) is 24.3 Å². The maximum Gasteiger partial charge on any atom is 0.227 e. The van der Waals surface area contributed by atoms with E-state index in [0.717, 1.165) is 5.69 Å². The average Bonchev–Trinajstić information content (AvgIpc) is 3.08. The lowest BCUT2D eigenvalue weighted by molar-refractivity contribution is -0.144. The Balaban J connectivity index is 1.61. The Morgan fingerprint density at radius 2 is 1.80 bits per heavy atom. The molecule has 2 heterocycles. The minimum absolute atomic E-state index is 0.107. The zero-order chi connectivity index (χ0) is 21.6. The number of piperidine rings is 1. The lowest BCUT2D eigenvalue weighted by atomic mass is 9.76. The summed E-state index contributed by atoms with van der Waals surface area (Å²) in [5.41, 5.74) is 6.16. The fourth-order valence-corrected chi connectivity index (χ4v) is 5.34. The Hall–Kier alpha value is -1.94. The number of anilines is 1. The number of nitrogens with zero attached hydrogens (tertiary/aromatic N) is 2. The van der Waals surface area contributed by atoms with Crippen molar-refractivity contribution in [3.05, 3.63) is 29.3 Å². The molecule has 2 aliphatic heterocycles. The first-order valence-corrected chi connectivity index (χ1v) is 10.9. The zero-order valence-corrected chi connectivity index (χ0v) is 17.9. The molecule has 1 aromatic carbocycles. The number of rotatable bonds is 3. The third kappa shape index (κ3) is 3.75. The number of amides is 2. The average molecular weight is 453 g/mol. The molecule has 0 bridgehead atoms. The first kappa shape index (κ1) is 21.3. The van der Waals surface area contributed by atoms with Crippen molar-refractivity contribution in [2.45, 2.75) is 43.6 Å². The molecule has 1 aliphatic carbocycles. The van der Waals surface area contributed by atoms with Crippen LogP contribution in [0, 0.1) is 11.8 Å². The number of nitrogens with one attached hydrogen (secondary N) is 1. The van der Waals surface area contributed by atoms with E-state index >= 15 is 0 Å². The van der Waals surface area contributed by atoms with Gasteiger partial charge in [-0.1, -0.05) is 11.6 Å². The van der Waals surface area contributed by atoms with Crippen LogP contribution in [0.1, 0.15) is 19.3 Å². The van der Waals surface area contributed by atoms with Gasteiger partial charge in [-0.25, -0.2) is 0 Å². The number of aliphatic hydroxyl groups is 2. The summed E-state index contributed by atoms with van der Waals surface area (Å²) in [7, 11) is 0.